The summed E-state index contributed by atoms with van der Waals surface area (Å²) in [6.07, 6.45) is 3.47. The molecule has 132 valence electrons. The van der Waals surface area contributed by atoms with Crippen LogP contribution in [0, 0.1) is 5.92 Å². The molecule has 2 aromatic rings. The van der Waals surface area contributed by atoms with E-state index in [-0.39, 0.29) is 18.1 Å². The number of benzene rings is 1. The minimum absolute atomic E-state index is 0.0238. The number of carbonyl (C=O) groups excluding carboxylic acids is 1. The molecule has 0 bridgehead atoms. The fourth-order valence-corrected chi connectivity index (χ4v) is 4.42. The van der Waals surface area contributed by atoms with Crippen molar-refractivity contribution < 1.29 is 14.6 Å². The number of aliphatic hydroxyl groups excluding tert-OH is 1. The van der Waals surface area contributed by atoms with Crippen molar-refractivity contribution in [1.82, 2.24) is 5.32 Å². The number of rotatable bonds is 6. The summed E-state index contributed by atoms with van der Waals surface area (Å²) < 4.78 is 5.59. The first-order valence-corrected chi connectivity index (χ1v) is 9.87. The van der Waals surface area contributed by atoms with E-state index in [2.05, 4.69) is 28.9 Å². The quantitative estimate of drug-likeness (QED) is 0.834. The fourth-order valence-electron chi connectivity index (χ4n) is 3.71. The summed E-state index contributed by atoms with van der Waals surface area (Å²) in [4.78, 5) is 12.5. The Morgan fingerprint density at radius 3 is 3.00 bits per heavy atom. The van der Waals surface area contributed by atoms with Crippen molar-refractivity contribution in [1.29, 1.82) is 0 Å². The Morgan fingerprint density at radius 1 is 1.36 bits per heavy atom. The maximum Gasteiger partial charge on any atom is 0.220 e. The molecule has 0 saturated heterocycles. The summed E-state index contributed by atoms with van der Waals surface area (Å²) in [6, 6.07) is 8.27. The second kappa shape index (κ2) is 7.18. The van der Waals surface area contributed by atoms with Gasteiger partial charge in [-0.15, -0.1) is 0 Å². The number of amides is 1. The summed E-state index contributed by atoms with van der Waals surface area (Å²) in [6.45, 7) is 0.735. The third-order valence-corrected chi connectivity index (χ3v) is 5.96. The highest BCUT2D eigenvalue weighted by Crippen LogP contribution is 2.39. The van der Waals surface area contributed by atoms with Gasteiger partial charge in [0.1, 0.15) is 5.75 Å². The van der Waals surface area contributed by atoms with Crippen LogP contribution in [0.25, 0.3) is 0 Å². The highest BCUT2D eigenvalue weighted by atomic mass is 32.1. The summed E-state index contributed by atoms with van der Waals surface area (Å²) in [5, 5.41) is 17.1. The fraction of sp³-hybridized carbons (Fsp3) is 0.450. The van der Waals surface area contributed by atoms with Gasteiger partial charge in [-0.2, -0.15) is 11.3 Å². The van der Waals surface area contributed by atoms with E-state index >= 15 is 0 Å². The highest BCUT2D eigenvalue weighted by molar-refractivity contribution is 7.07. The molecule has 1 fully saturated rings. The third kappa shape index (κ3) is 3.72. The first kappa shape index (κ1) is 16.6. The van der Waals surface area contributed by atoms with Gasteiger partial charge in [0.15, 0.2) is 0 Å². The molecule has 2 heterocycles. The van der Waals surface area contributed by atoms with Gasteiger partial charge in [-0.25, -0.2) is 0 Å². The number of hydrogen-bond acceptors (Lipinski definition) is 4. The van der Waals surface area contributed by atoms with Crippen LogP contribution >= 0.6 is 11.3 Å². The molecule has 1 unspecified atom stereocenters. The maximum absolute atomic E-state index is 12.5. The number of nitrogens with one attached hydrogen (secondary N) is 1. The summed E-state index contributed by atoms with van der Waals surface area (Å²) >= 11 is 1.66. The zero-order chi connectivity index (χ0) is 17.2. The van der Waals surface area contributed by atoms with Crippen molar-refractivity contribution in [3.63, 3.8) is 0 Å². The molecule has 25 heavy (non-hydrogen) atoms. The topological polar surface area (TPSA) is 58.6 Å². The molecule has 4 nitrogen and oxygen atoms in total. The minimum atomic E-state index is -0.229. The van der Waals surface area contributed by atoms with Gasteiger partial charge in [0.2, 0.25) is 5.91 Å². The van der Waals surface area contributed by atoms with Crippen molar-refractivity contribution >= 4 is 17.2 Å². The van der Waals surface area contributed by atoms with E-state index in [4.69, 9.17) is 4.74 Å². The lowest BCUT2D eigenvalue weighted by Crippen LogP contribution is -2.41. The molecule has 1 aliphatic carbocycles. The molecule has 1 aromatic carbocycles. The van der Waals surface area contributed by atoms with E-state index < -0.39 is 0 Å². The molecule has 1 atom stereocenters. The molecular formula is C20H23NO3S. The highest BCUT2D eigenvalue weighted by Gasteiger charge is 2.36. The van der Waals surface area contributed by atoms with Gasteiger partial charge >= 0.3 is 0 Å². The van der Waals surface area contributed by atoms with Crippen LogP contribution in [0.3, 0.4) is 0 Å². The molecule has 1 amide bonds. The lowest BCUT2D eigenvalue weighted by molar-refractivity contribution is -0.123. The van der Waals surface area contributed by atoms with Crippen LogP contribution in [0.2, 0.25) is 0 Å². The molecule has 5 heteroatoms. The van der Waals surface area contributed by atoms with E-state index in [9.17, 15) is 9.90 Å². The molecule has 1 aromatic heterocycles. The largest absolute Gasteiger partial charge is 0.493 e. The minimum Gasteiger partial charge on any atom is -0.493 e. The molecule has 0 radical (unpaired) electrons. The van der Waals surface area contributed by atoms with Crippen molar-refractivity contribution in [2.75, 3.05) is 6.61 Å². The van der Waals surface area contributed by atoms with Gasteiger partial charge in [-0.1, -0.05) is 6.07 Å². The average Bonchev–Trinajstić information content (AvgIpc) is 3.25. The SMILES string of the molecule is O=C(CCc1ccsc1)NC(c1ccc2c(c1)CCO2)C1CC(O)C1. The molecule has 1 aliphatic heterocycles. The molecule has 0 spiro atoms. The zero-order valence-electron chi connectivity index (χ0n) is 14.1. The number of thiophene rings is 1. The Morgan fingerprint density at radius 2 is 2.24 bits per heavy atom. The Labute approximate surface area is 151 Å². The summed E-state index contributed by atoms with van der Waals surface area (Å²) in [5.74, 6) is 1.34. The van der Waals surface area contributed by atoms with Crippen molar-refractivity contribution in [3.8, 4) is 5.75 Å². The number of ether oxygens (including phenoxy) is 1. The monoisotopic (exact) mass is 357 g/mol. The summed E-state index contributed by atoms with van der Waals surface area (Å²) in [7, 11) is 0. The van der Waals surface area contributed by atoms with Crippen LogP contribution < -0.4 is 10.1 Å². The molecular weight excluding hydrogens is 334 g/mol. The van der Waals surface area contributed by atoms with Crippen LogP contribution in [-0.2, 0) is 17.6 Å². The Bertz CT molecular complexity index is 737. The van der Waals surface area contributed by atoms with E-state index in [1.54, 1.807) is 11.3 Å². The van der Waals surface area contributed by atoms with Crippen LogP contribution in [-0.4, -0.2) is 23.7 Å². The maximum atomic E-state index is 12.5. The zero-order valence-corrected chi connectivity index (χ0v) is 14.9. The Hall–Kier alpha value is -1.85. The lowest BCUT2D eigenvalue weighted by Gasteiger charge is -2.38. The van der Waals surface area contributed by atoms with Gasteiger partial charge in [0.05, 0.1) is 18.8 Å². The molecule has 2 N–H and O–H groups in total. The third-order valence-electron chi connectivity index (χ3n) is 5.23. The lowest BCUT2D eigenvalue weighted by atomic mass is 9.74. The molecule has 2 aliphatic rings. The van der Waals surface area contributed by atoms with Gasteiger partial charge < -0.3 is 15.2 Å². The predicted molar refractivity (Wildman–Crippen MR) is 97.9 cm³/mol. The first-order chi connectivity index (χ1) is 12.2. The average molecular weight is 357 g/mol. The number of hydrogen-bond donors (Lipinski definition) is 2. The van der Waals surface area contributed by atoms with E-state index in [1.807, 2.05) is 11.4 Å². The Balaban J connectivity index is 1.45. The second-order valence-corrected chi connectivity index (χ2v) is 7.81. The first-order valence-electron chi connectivity index (χ1n) is 8.93. The van der Waals surface area contributed by atoms with Gasteiger partial charge in [0.25, 0.3) is 0 Å². The van der Waals surface area contributed by atoms with Crippen molar-refractivity contribution in [2.24, 2.45) is 5.92 Å². The molecule has 1 saturated carbocycles. The van der Waals surface area contributed by atoms with Crippen LogP contribution in [0.15, 0.2) is 35.0 Å². The van der Waals surface area contributed by atoms with E-state index in [1.165, 1.54) is 11.1 Å². The molecule has 4 rings (SSSR count). The van der Waals surface area contributed by atoms with Crippen LogP contribution in [0.4, 0.5) is 0 Å². The number of aliphatic hydroxyl groups is 1. The van der Waals surface area contributed by atoms with Gasteiger partial charge in [-0.3, -0.25) is 4.79 Å². The Kier molecular flexibility index (Phi) is 4.77. The van der Waals surface area contributed by atoms with E-state index in [0.29, 0.717) is 12.3 Å². The number of carbonyl (C=O) groups is 1. The van der Waals surface area contributed by atoms with Gasteiger partial charge in [0, 0.05) is 12.8 Å². The predicted octanol–water partition coefficient (Wildman–Crippen LogP) is 3.24. The smallest absolute Gasteiger partial charge is 0.220 e. The number of fused-ring (bicyclic) bond motifs is 1. The normalized spacial score (nSPS) is 22.6. The van der Waals surface area contributed by atoms with E-state index in [0.717, 1.165) is 43.6 Å². The standard InChI is InChI=1S/C20H23NO3S/c22-17-10-16(11-17)20(15-2-3-18-14(9-15)5-7-24-18)21-19(23)4-1-13-6-8-25-12-13/h2-3,6,8-9,12,16-17,20,22H,1,4-5,7,10-11H2,(H,21,23). The second-order valence-electron chi connectivity index (χ2n) is 7.03. The summed E-state index contributed by atoms with van der Waals surface area (Å²) in [5.41, 5.74) is 3.56. The van der Waals surface area contributed by atoms with Crippen LogP contribution in [0.5, 0.6) is 5.75 Å². The van der Waals surface area contributed by atoms with Gasteiger partial charge in [-0.05, 0) is 70.8 Å². The number of aryl methyl sites for hydroxylation is 1. The van der Waals surface area contributed by atoms with Crippen molar-refractivity contribution in [3.05, 3.63) is 51.7 Å². The van der Waals surface area contributed by atoms with Crippen molar-refractivity contribution in [2.45, 2.75) is 44.2 Å². The van der Waals surface area contributed by atoms with Crippen LogP contribution in [0.1, 0.15) is 42.0 Å².